The normalized spacial score (nSPS) is 20.4. The summed E-state index contributed by atoms with van der Waals surface area (Å²) in [5.74, 6) is 2.38. The molecule has 0 spiro atoms. The number of imidazole rings is 1. The molecule has 1 aliphatic carbocycles. The van der Waals surface area contributed by atoms with E-state index >= 15 is 0 Å². The number of β-amino-alcohol motifs (C(OH)–C–C–N with tert-alkyl or cyclic N) is 1. The molecule has 0 unspecified atom stereocenters. The molecule has 1 saturated carbocycles. The van der Waals surface area contributed by atoms with E-state index in [4.69, 9.17) is 9.97 Å². The molecule has 2 fully saturated rings. The van der Waals surface area contributed by atoms with Crippen molar-refractivity contribution in [3.63, 3.8) is 0 Å². The van der Waals surface area contributed by atoms with Crippen LogP contribution in [0, 0.1) is 0 Å². The largest absolute Gasteiger partial charge is 0.391 e. The van der Waals surface area contributed by atoms with Crippen molar-refractivity contribution in [2.75, 3.05) is 18.0 Å². The molecule has 3 aromatic heterocycles. The first-order chi connectivity index (χ1) is 13.4. The van der Waals surface area contributed by atoms with Gasteiger partial charge in [0.15, 0.2) is 22.8 Å². The van der Waals surface area contributed by atoms with E-state index in [9.17, 15) is 5.11 Å². The number of hydrogen-bond donors (Lipinski definition) is 1. The van der Waals surface area contributed by atoms with Gasteiger partial charge in [-0.3, -0.25) is 0 Å². The highest BCUT2D eigenvalue weighted by molar-refractivity contribution is 5.84. The van der Waals surface area contributed by atoms with Gasteiger partial charge in [0.2, 0.25) is 0 Å². The van der Waals surface area contributed by atoms with Crippen LogP contribution in [-0.4, -0.2) is 64.0 Å². The van der Waals surface area contributed by atoms with Gasteiger partial charge in [0, 0.05) is 18.5 Å². The Bertz CT molecular complexity index is 1010. The van der Waals surface area contributed by atoms with E-state index in [1.165, 1.54) is 0 Å². The molecule has 1 aliphatic heterocycles. The van der Waals surface area contributed by atoms with Gasteiger partial charge in [0.25, 0.3) is 0 Å². The van der Waals surface area contributed by atoms with E-state index < -0.39 is 0 Å². The first-order valence-electron chi connectivity index (χ1n) is 9.83. The highest BCUT2D eigenvalue weighted by atomic mass is 16.3. The van der Waals surface area contributed by atoms with Crippen molar-refractivity contribution in [1.82, 2.24) is 39.7 Å². The average Bonchev–Trinajstić information content (AvgIpc) is 3.03. The van der Waals surface area contributed by atoms with Crippen molar-refractivity contribution >= 4 is 17.0 Å². The van der Waals surface area contributed by atoms with E-state index in [1.54, 1.807) is 6.33 Å². The van der Waals surface area contributed by atoms with E-state index in [2.05, 4.69) is 46.2 Å². The molecule has 148 valence electrons. The summed E-state index contributed by atoms with van der Waals surface area (Å²) in [5.41, 5.74) is 1.33. The minimum atomic E-state index is -0.326. The molecule has 5 rings (SSSR count). The lowest BCUT2D eigenvalue weighted by atomic mass is 9.96. The first kappa shape index (κ1) is 17.5. The lowest BCUT2D eigenvalue weighted by molar-refractivity contribution is 0.198. The van der Waals surface area contributed by atoms with Crippen LogP contribution in [0.1, 0.15) is 57.7 Å². The lowest BCUT2D eigenvalue weighted by Crippen LogP contribution is -2.25. The van der Waals surface area contributed by atoms with Crippen LogP contribution in [0.25, 0.3) is 11.2 Å². The summed E-state index contributed by atoms with van der Waals surface area (Å²) >= 11 is 0. The van der Waals surface area contributed by atoms with Gasteiger partial charge in [0.05, 0.1) is 25.0 Å². The molecule has 0 bridgehead atoms. The maximum Gasteiger partial charge on any atom is 0.171 e. The van der Waals surface area contributed by atoms with Crippen molar-refractivity contribution in [1.29, 1.82) is 0 Å². The number of aliphatic hydroxyl groups excluding tert-OH is 1. The summed E-state index contributed by atoms with van der Waals surface area (Å²) in [4.78, 5) is 16.4. The van der Waals surface area contributed by atoms with Gasteiger partial charge in [-0.25, -0.2) is 19.6 Å². The van der Waals surface area contributed by atoms with Crippen LogP contribution < -0.4 is 4.90 Å². The summed E-state index contributed by atoms with van der Waals surface area (Å²) < 4.78 is 3.91. The first-order valence-corrected chi connectivity index (χ1v) is 9.83. The second kappa shape index (κ2) is 6.20. The Balaban J connectivity index is 1.60. The smallest absolute Gasteiger partial charge is 0.171 e. The number of fused-ring (bicyclic) bond motifs is 1. The third-order valence-corrected chi connectivity index (χ3v) is 5.34. The number of rotatable bonds is 4. The molecule has 0 amide bonds. The van der Waals surface area contributed by atoms with Crippen LogP contribution >= 0.6 is 0 Å². The van der Waals surface area contributed by atoms with Gasteiger partial charge >= 0.3 is 0 Å². The summed E-state index contributed by atoms with van der Waals surface area (Å²) in [7, 11) is 0. The summed E-state index contributed by atoms with van der Waals surface area (Å²) in [6.07, 6.45) is 4.45. The second-order valence-electron chi connectivity index (χ2n) is 8.82. The van der Waals surface area contributed by atoms with Crippen LogP contribution in [0.3, 0.4) is 0 Å². The summed E-state index contributed by atoms with van der Waals surface area (Å²) in [6.45, 7) is 8.16. The quantitative estimate of drug-likeness (QED) is 0.712. The fourth-order valence-electron chi connectivity index (χ4n) is 3.61. The zero-order valence-corrected chi connectivity index (χ0v) is 16.4. The predicted octanol–water partition coefficient (Wildman–Crippen LogP) is 1.06. The summed E-state index contributed by atoms with van der Waals surface area (Å²) in [5, 5.41) is 22.2. The zero-order valence-electron chi connectivity index (χ0n) is 16.4. The highest BCUT2D eigenvalue weighted by Crippen LogP contribution is 2.35. The predicted molar refractivity (Wildman–Crippen MR) is 102 cm³/mol. The Morgan fingerprint density at radius 3 is 2.68 bits per heavy atom. The highest BCUT2D eigenvalue weighted by Gasteiger charge is 2.30. The Morgan fingerprint density at radius 2 is 2.00 bits per heavy atom. The molecule has 1 saturated heterocycles. The van der Waals surface area contributed by atoms with Crippen molar-refractivity contribution in [2.24, 2.45) is 0 Å². The van der Waals surface area contributed by atoms with Crippen molar-refractivity contribution in [2.45, 2.75) is 64.1 Å². The molecule has 2 aliphatic rings. The van der Waals surface area contributed by atoms with Gasteiger partial charge in [-0.2, -0.15) is 0 Å². The SMILES string of the molecule is CC(C)(C)c1nc(N2CC[C@H](O)C2)c2ncn(Cc3nnnn3C3CC3)c2n1. The molecule has 1 N–H and O–H groups in total. The van der Waals surface area contributed by atoms with E-state index in [0.29, 0.717) is 19.1 Å². The van der Waals surface area contributed by atoms with Crippen LogP contribution in [-0.2, 0) is 12.0 Å². The maximum absolute atomic E-state index is 9.99. The Hall–Kier alpha value is -2.62. The van der Waals surface area contributed by atoms with Crippen molar-refractivity contribution in [3.05, 3.63) is 18.0 Å². The van der Waals surface area contributed by atoms with E-state index in [1.807, 2.05) is 9.25 Å². The molecular weight excluding hydrogens is 358 g/mol. The summed E-state index contributed by atoms with van der Waals surface area (Å²) in [6, 6.07) is 0.418. The number of aromatic nitrogens is 8. The minimum Gasteiger partial charge on any atom is -0.391 e. The molecule has 3 aromatic rings. The molecule has 28 heavy (non-hydrogen) atoms. The van der Waals surface area contributed by atoms with Crippen LogP contribution in [0.2, 0.25) is 0 Å². The third-order valence-electron chi connectivity index (χ3n) is 5.34. The topological polar surface area (TPSA) is 111 Å². The Morgan fingerprint density at radius 1 is 1.18 bits per heavy atom. The maximum atomic E-state index is 9.99. The van der Waals surface area contributed by atoms with E-state index in [-0.39, 0.29) is 11.5 Å². The fraction of sp³-hybridized carbons (Fsp3) is 0.667. The standard InChI is InChI=1S/C18H25N9O/c1-18(2,3)17-20-15(25-7-6-12(28)8-25)14-16(21-17)26(10-19-14)9-13-22-23-24-27(13)11-4-5-11/h10-12,28H,4-9H2,1-3H3/t12-/m0/s1. The number of hydrogen-bond acceptors (Lipinski definition) is 8. The van der Waals surface area contributed by atoms with Gasteiger partial charge in [-0.05, 0) is 29.7 Å². The fourth-order valence-corrected chi connectivity index (χ4v) is 3.61. The zero-order chi connectivity index (χ0) is 19.5. The van der Waals surface area contributed by atoms with E-state index in [0.717, 1.165) is 54.4 Å². The molecular formula is C18H25N9O. The average molecular weight is 383 g/mol. The van der Waals surface area contributed by atoms with Crippen molar-refractivity contribution in [3.8, 4) is 0 Å². The number of aliphatic hydroxyl groups is 1. The van der Waals surface area contributed by atoms with Gasteiger partial charge < -0.3 is 14.6 Å². The number of tetrazole rings is 1. The molecule has 10 nitrogen and oxygen atoms in total. The van der Waals surface area contributed by atoms with Gasteiger partial charge in [-0.1, -0.05) is 20.8 Å². The minimum absolute atomic E-state index is 0.202. The molecule has 0 aromatic carbocycles. The molecule has 1 atom stereocenters. The molecule has 4 heterocycles. The van der Waals surface area contributed by atoms with Crippen LogP contribution in [0.4, 0.5) is 5.82 Å². The lowest BCUT2D eigenvalue weighted by Gasteiger charge is -2.22. The Labute approximate surface area is 162 Å². The van der Waals surface area contributed by atoms with Crippen LogP contribution in [0.5, 0.6) is 0 Å². The van der Waals surface area contributed by atoms with Gasteiger partial charge in [-0.15, -0.1) is 5.10 Å². The Kier molecular flexibility index (Phi) is 3.87. The number of nitrogens with zero attached hydrogens (tertiary/aromatic N) is 9. The monoisotopic (exact) mass is 383 g/mol. The van der Waals surface area contributed by atoms with Crippen molar-refractivity contribution < 1.29 is 5.11 Å². The number of anilines is 1. The second-order valence-corrected chi connectivity index (χ2v) is 8.82. The molecule has 10 heteroatoms. The van der Waals surface area contributed by atoms with Crippen LogP contribution in [0.15, 0.2) is 6.33 Å². The van der Waals surface area contributed by atoms with Gasteiger partial charge in [0.1, 0.15) is 5.82 Å². The third kappa shape index (κ3) is 3.01. The molecule has 0 radical (unpaired) electrons.